The summed E-state index contributed by atoms with van der Waals surface area (Å²) in [6.07, 6.45) is 1.35. The maximum atomic E-state index is 13.8. The molecule has 0 fully saturated rings. The van der Waals surface area contributed by atoms with Crippen LogP contribution in [-0.2, 0) is 4.79 Å². The molecule has 3 aromatic rings. The number of non-ortho nitro benzene ring substituents is 1. The minimum Gasteiger partial charge on any atom is -0.507 e. The first-order valence-electron chi connectivity index (χ1n) is 13.3. The molecule has 0 amide bonds. The maximum absolute atomic E-state index is 13.8. The number of aliphatic hydroxyl groups excluding tert-OH is 1. The summed E-state index contributed by atoms with van der Waals surface area (Å²) in [7, 11) is 3.03. The molecule has 0 saturated heterocycles. The van der Waals surface area contributed by atoms with Gasteiger partial charge >= 0.3 is 0 Å². The lowest BCUT2D eigenvalue weighted by molar-refractivity contribution is -0.384. The van der Waals surface area contributed by atoms with E-state index in [-0.39, 0.29) is 28.6 Å². The minimum atomic E-state index is -0.841. The lowest BCUT2D eigenvalue weighted by atomic mass is 9.73. The van der Waals surface area contributed by atoms with Crippen molar-refractivity contribution in [2.75, 3.05) is 19.1 Å². The van der Waals surface area contributed by atoms with Gasteiger partial charge in [-0.25, -0.2) is 0 Å². The Morgan fingerprint density at radius 2 is 1.78 bits per heavy atom. The fraction of sp³-hybridized carbons (Fsp3) is 0.250. The first-order valence-corrected chi connectivity index (χ1v) is 13.3. The van der Waals surface area contributed by atoms with E-state index in [0.717, 1.165) is 5.56 Å². The number of ether oxygens (including phenoxy) is 2. The van der Waals surface area contributed by atoms with Crippen LogP contribution in [0.3, 0.4) is 0 Å². The van der Waals surface area contributed by atoms with Gasteiger partial charge in [-0.15, -0.1) is 0 Å². The highest BCUT2D eigenvalue weighted by molar-refractivity contribution is 6.20. The Kier molecular flexibility index (Phi) is 7.36. The third-order valence-electron chi connectivity index (χ3n) is 7.72. The average Bonchev–Trinajstić information content (AvgIpc) is 2.96. The van der Waals surface area contributed by atoms with Crippen LogP contribution in [0.2, 0.25) is 0 Å². The van der Waals surface area contributed by atoms with E-state index in [1.165, 1.54) is 26.4 Å². The number of benzene rings is 3. The largest absolute Gasteiger partial charge is 0.507 e. The topological polar surface area (TPSA) is 126 Å². The number of methoxy groups -OCH3 is 2. The van der Waals surface area contributed by atoms with Crippen molar-refractivity contribution in [2.45, 2.75) is 39.0 Å². The van der Waals surface area contributed by atoms with Crippen molar-refractivity contribution in [3.8, 4) is 11.5 Å². The zero-order chi connectivity index (χ0) is 29.4. The molecular weight excluding hydrogens is 522 g/mol. The van der Waals surface area contributed by atoms with Crippen molar-refractivity contribution in [2.24, 2.45) is 0 Å². The van der Waals surface area contributed by atoms with E-state index >= 15 is 0 Å². The summed E-state index contributed by atoms with van der Waals surface area (Å²) in [5.41, 5.74) is 4.23. The molecule has 210 valence electrons. The van der Waals surface area contributed by atoms with Gasteiger partial charge in [-0.2, -0.15) is 0 Å². The molecule has 0 aromatic heterocycles. The van der Waals surface area contributed by atoms with Gasteiger partial charge in [0, 0.05) is 46.5 Å². The number of anilines is 1. The van der Waals surface area contributed by atoms with Gasteiger partial charge in [0.25, 0.3) is 5.69 Å². The van der Waals surface area contributed by atoms with Gasteiger partial charge < -0.3 is 14.6 Å². The highest BCUT2D eigenvalue weighted by Gasteiger charge is 2.45. The van der Waals surface area contributed by atoms with Crippen LogP contribution < -0.4 is 14.4 Å². The number of para-hydroxylation sites is 1. The molecule has 1 heterocycles. The molecule has 0 spiro atoms. The van der Waals surface area contributed by atoms with Gasteiger partial charge in [-0.3, -0.25) is 25.2 Å². The van der Waals surface area contributed by atoms with Gasteiger partial charge in [-0.05, 0) is 38.3 Å². The van der Waals surface area contributed by atoms with Crippen molar-refractivity contribution in [3.05, 3.63) is 110 Å². The van der Waals surface area contributed by atoms with Crippen LogP contribution in [0.4, 0.5) is 11.4 Å². The van der Waals surface area contributed by atoms with E-state index < -0.39 is 10.8 Å². The lowest BCUT2D eigenvalue weighted by Gasteiger charge is -2.42. The normalized spacial score (nSPS) is 18.2. The van der Waals surface area contributed by atoms with E-state index in [2.05, 4.69) is 0 Å². The van der Waals surface area contributed by atoms with Crippen LogP contribution in [0, 0.1) is 29.4 Å². The molecule has 1 atom stereocenters. The summed E-state index contributed by atoms with van der Waals surface area (Å²) in [5.74, 6) is -0.346. The van der Waals surface area contributed by atoms with Crippen LogP contribution >= 0.6 is 0 Å². The second-order valence-electron chi connectivity index (χ2n) is 10.2. The van der Waals surface area contributed by atoms with Crippen molar-refractivity contribution in [1.29, 1.82) is 5.41 Å². The van der Waals surface area contributed by atoms with Gasteiger partial charge in [0.05, 0.1) is 30.7 Å². The number of nitrogens with zero attached hydrogens (tertiary/aromatic N) is 2. The number of amidine groups is 1. The monoisotopic (exact) mass is 553 g/mol. The first kappa shape index (κ1) is 27.6. The Balaban J connectivity index is 1.89. The van der Waals surface area contributed by atoms with Crippen LogP contribution in [0.5, 0.6) is 11.5 Å². The quantitative estimate of drug-likeness (QED) is 0.196. The molecule has 9 nitrogen and oxygen atoms in total. The number of hydrogen-bond donors (Lipinski definition) is 2. The zero-order valence-corrected chi connectivity index (χ0v) is 23.4. The minimum absolute atomic E-state index is 0.0741. The second kappa shape index (κ2) is 10.9. The van der Waals surface area contributed by atoms with E-state index in [4.69, 9.17) is 9.47 Å². The molecule has 2 N–H and O–H groups in total. The first-order chi connectivity index (χ1) is 19.7. The highest BCUT2D eigenvalue weighted by atomic mass is 16.6. The summed E-state index contributed by atoms with van der Waals surface area (Å²) in [6, 6.07) is 17.0. The number of ketones is 1. The van der Waals surface area contributed by atoms with Gasteiger partial charge in [0.15, 0.2) is 17.3 Å². The standard InChI is InChI=1S/C32H31N3O6/c1-18-11-14-20(15-12-18)30(37)29-27(22-7-5-10-26(40-3)31(22)41-4)28-23(8-6-9-25(28)36)34(32(29)33)24-17-21(35(38)39)16-13-19(24)2/h5,7,10-17,27,33,37H,6,8-9H2,1-4H3/b30-29+,33-32?. The summed E-state index contributed by atoms with van der Waals surface area (Å²) < 4.78 is 11.3. The Morgan fingerprint density at radius 3 is 2.44 bits per heavy atom. The summed E-state index contributed by atoms with van der Waals surface area (Å²) >= 11 is 0. The molecule has 5 rings (SSSR count). The van der Waals surface area contributed by atoms with Crippen LogP contribution in [0.1, 0.15) is 47.4 Å². The highest BCUT2D eigenvalue weighted by Crippen LogP contribution is 2.51. The predicted molar refractivity (Wildman–Crippen MR) is 157 cm³/mol. The molecule has 0 bridgehead atoms. The van der Waals surface area contributed by atoms with Gasteiger partial charge in [-0.1, -0.05) is 48.0 Å². The van der Waals surface area contributed by atoms with Crippen molar-refractivity contribution in [1.82, 2.24) is 0 Å². The fourth-order valence-corrected chi connectivity index (χ4v) is 5.73. The molecular formula is C32H31N3O6. The van der Waals surface area contributed by atoms with Crippen molar-refractivity contribution >= 4 is 28.8 Å². The molecule has 3 aromatic carbocycles. The fourth-order valence-electron chi connectivity index (χ4n) is 5.73. The smallest absolute Gasteiger partial charge is 0.271 e. The lowest BCUT2D eigenvalue weighted by Crippen LogP contribution is -2.43. The zero-order valence-electron chi connectivity index (χ0n) is 23.4. The number of nitro groups is 1. The van der Waals surface area contributed by atoms with Crippen molar-refractivity contribution in [3.63, 3.8) is 0 Å². The predicted octanol–water partition coefficient (Wildman–Crippen LogP) is 6.79. The second-order valence-corrected chi connectivity index (χ2v) is 10.2. The number of carbonyl (C=O) groups is 1. The summed E-state index contributed by atoms with van der Waals surface area (Å²) in [5, 5.41) is 33.1. The average molecular weight is 554 g/mol. The molecule has 1 aliphatic heterocycles. The Morgan fingerprint density at radius 1 is 1.05 bits per heavy atom. The van der Waals surface area contributed by atoms with Crippen LogP contribution in [-0.4, -0.2) is 35.9 Å². The third kappa shape index (κ3) is 4.73. The van der Waals surface area contributed by atoms with E-state index in [9.17, 15) is 25.4 Å². The third-order valence-corrected chi connectivity index (χ3v) is 7.72. The number of hydrogen-bond acceptors (Lipinski definition) is 7. The summed E-state index contributed by atoms with van der Waals surface area (Å²) in [6.45, 7) is 3.74. The van der Waals surface area contributed by atoms with E-state index in [1.807, 2.05) is 25.1 Å². The Hall–Kier alpha value is -4.92. The molecule has 0 saturated carbocycles. The molecule has 41 heavy (non-hydrogen) atoms. The number of rotatable bonds is 6. The van der Waals surface area contributed by atoms with Crippen LogP contribution in [0.25, 0.3) is 5.76 Å². The summed E-state index contributed by atoms with van der Waals surface area (Å²) in [4.78, 5) is 26.6. The van der Waals surface area contributed by atoms with E-state index in [1.54, 1.807) is 42.2 Å². The molecule has 9 heteroatoms. The maximum Gasteiger partial charge on any atom is 0.271 e. The van der Waals surface area contributed by atoms with Crippen molar-refractivity contribution < 1.29 is 24.3 Å². The van der Waals surface area contributed by atoms with E-state index in [0.29, 0.717) is 64.4 Å². The molecule has 0 radical (unpaired) electrons. The number of aliphatic hydroxyl groups is 1. The van der Waals surface area contributed by atoms with Crippen LogP contribution in [0.15, 0.2) is 77.5 Å². The Bertz CT molecular complexity index is 1640. The number of carbonyl (C=O) groups excluding carboxylic acids is 1. The molecule has 1 aliphatic carbocycles. The molecule has 1 unspecified atom stereocenters. The number of nitro benzene ring substituents is 1. The number of nitrogens with one attached hydrogen (secondary N) is 1. The Labute approximate surface area is 238 Å². The number of aryl methyl sites for hydroxylation is 2. The number of allylic oxidation sites excluding steroid dienone is 2. The SMILES string of the molecule is COc1cccc(C2C3=C(CCCC3=O)N(c3cc([N+](=O)[O-])ccc3C)C(=N)/C2=C(/O)c2ccc(C)cc2)c1OC. The van der Waals surface area contributed by atoms with Gasteiger partial charge in [0.2, 0.25) is 0 Å². The van der Waals surface area contributed by atoms with Gasteiger partial charge in [0.1, 0.15) is 11.6 Å². The number of Topliss-reactive ketones (excluding diaryl/α,β-unsaturated/α-hetero) is 1. The molecule has 2 aliphatic rings.